The normalized spacial score (nSPS) is 20.0. The third-order valence-electron chi connectivity index (χ3n) is 5.32. The zero-order valence-corrected chi connectivity index (χ0v) is 17.2. The summed E-state index contributed by atoms with van der Waals surface area (Å²) < 4.78 is 0. The number of hydrogen-bond acceptors (Lipinski definition) is 4. The molecule has 2 aromatic rings. The van der Waals surface area contributed by atoms with E-state index in [0.29, 0.717) is 45.7 Å². The first-order chi connectivity index (χ1) is 14.0. The maximum absolute atomic E-state index is 13.5. The molecule has 29 heavy (non-hydrogen) atoms. The molecule has 2 aromatic carbocycles. The first-order valence-electron chi connectivity index (χ1n) is 9.50. The quantitative estimate of drug-likeness (QED) is 0.745. The van der Waals surface area contributed by atoms with Crippen molar-refractivity contribution in [2.45, 2.75) is 12.8 Å². The molecule has 0 saturated carbocycles. The van der Waals surface area contributed by atoms with Gasteiger partial charge >= 0.3 is 0 Å². The molecule has 1 saturated heterocycles. The number of aliphatic hydroxyl groups excluding tert-OH is 1. The van der Waals surface area contributed by atoms with Crippen molar-refractivity contribution < 1.29 is 14.7 Å². The van der Waals surface area contributed by atoms with Crippen molar-refractivity contribution in [1.82, 2.24) is 4.90 Å². The summed E-state index contributed by atoms with van der Waals surface area (Å²) >= 11 is 12.2. The van der Waals surface area contributed by atoms with Gasteiger partial charge in [0.25, 0.3) is 11.8 Å². The predicted octanol–water partition coefficient (Wildman–Crippen LogP) is 3.98. The molecular formula is C22H20Cl2N2O3. The molecule has 0 spiro atoms. The molecule has 4 rings (SSSR count). The molecule has 2 amide bonds. The van der Waals surface area contributed by atoms with E-state index in [9.17, 15) is 14.7 Å². The number of benzene rings is 2. The number of imide groups is 1. The van der Waals surface area contributed by atoms with Crippen LogP contribution in [0.2, 0.25) is 10.0 Å². The number of aliphatic hydroxyl groups is 1. The summed E-state index contributed by atoms with van der Waals surface area (Å²) in [6, 6.07) is 13.9. The number of nitrogens with zero attached hydrogens (tertiary/aromatic N) is 2. The molecule has 7 heteroatoms. The van der Waals surface area contributed by atoms with Crippen LogP contribution in [0.4, 0.5) is 5.69 Å². The predicted molar refractivity (Wildman–Crippen MR) is 114 cm³/mol. The van der Waals surface area contributed by atoms with Gasteiger partial charge in [0.15, 0.2) is 0 Å². The van der Waals surface area contributed by atoms with Crippen LogP contribution in [0.1, 0.15) is 18.4 Å². The number of amides is 2. The van der Waals surface area contributed by atoms with Crippen LogP contribution in [0, 0.1) is 5.92 Å². The molecule has 1 unspecified atom stereocenters. The summed E-state index contributed by atoms with van der Waals surface area (Å²) in [7, 11) is 0. The van der Waals surface area contributed by atoms with Gasteiger partial charge in [-0.3, -0.25) is 9.59 Å². The highest BCUT2D eigenvalue weighted by atomic mass is 35.5. The van der Waals surface area contributed by atoms with Crippen LogP contribution >= 0.6 is 23.2 Å². The molecule has 5 nitrogen and oxygen atoms in total. The van der Waals surface area contributed by atoms with Gasteiger partial charge in [0, 0.05) is 29.7 Å². The molecule has 0 aliphatic carbocycles. The molecule has 1 atom stereocenters. The maximum Gasteiger partial charge on any atom is 0.282 e. The molecule has 0 bridgehead atoms. The van der Waals surface area contributed by atoms with Crippen LogP contribution in [0.25, 0.3) is 5.57 Å². The Morgan fingerprint density at radius 2 is 1.69 bits per heavy atom. The van der Waals surface area contributed by atoms with Gasteiger partial charge in [0.2, 0.25) is 0 Å². The summed E-state index contributed by atoms with van der Waals surface area (Å²) in [5, 5.41) is 10.3. The van der Waals surface area contributed by atoms with Crippen molar-refractivity contribution in [2.75, 3.05) is 24.6 Å². The van der Waals surface area contributed by atoms with Crippen molar-refractivity contribution in [1.29, 1.82) is 0 Å². The summed E-state index contributed by atoms with van der Waals surface area (Å²) in [4.78, 5) is 30.0. The van der Waals surface area contributed by atoms with E-state index in [0.717, 1.165) is 17.7 Å². The molecule has 1 N–H and O–H groups in total. The molecule has 2 aliphatic rings. The summed E-state index contributed by atoms with van der Waals surface area (Å²) in [5.74, 6) is -0.725. The number of likely N-dealkylation sites (tertiary alicyclic amines) is 1. The number of anilines is 1. The third kappa shape index (κ3) is 3.78. The number of hydrogen-bond donors (Lipinski definition) is 1. The van der Waals surface area contributed by atoms with E-state index in [-0.39, 0.29) is 12.5 Å². The fourth-order valence-corrected chi connectivity index (χ4v) is 4.51. The second kappa shape index (κ2) is 8.19. The average molecular weight is 431 g/mol. The smallest absolute Gasteiger partial charge is 0.282 e. The van der Waals surface area contributed by atoms with E-state index in [1.54, 1.807) is 18.2 Å². The number of halogens is 2. The Kier molecular flexibility index (Phi) is 5.63. The van der Waals surface area contributed by atoms with Crippen molar-refractivity contribution >= 4 is 46.3 Å². The second-order valence-electron chi connectivity index (χ2n) is 7.30. The van der Waals surface area contributed by atoms with Crippen LogP contribution in [0.3, 0.4) is 0 Å². The minimum atomic E-state index is -0.402. The van der Waals surface area contributed by atoms with Crippen molar-refractivity contribution in [3.63, 3.8) is 0 Å². The minimum Gasteiger partial charge on any atom is -0.396 e. The van der Waals surface area contributed by atoms with Gasteiger partial charge in [-0.15, -0.1) is 0 Å². The lowest BCUT2D eigenvalue weighted by atomic mass is 9.97. The van der Waals surface area contributed by atoms with Gasteiger partial charge in [0.05, 0.1) is 11.3 Å². The molecule has 2 aliphatic heterocycles. The highest BCUT2D eigenvalue weighted by Crippen LogP contribution is 2.37. The zero-order chi connectivity index (χ0) is 20.5. The van der Waals surface area contributed by atoms with Crippen LogP contribution in [-0.4, -0.2) is 41.5 Å². The maximum atomic E-state index is 13.5. The van der Waals surface area contributed by atoms with Gasteiger partial charge in [-0.2, -0.15) is 0 Å². The van der Waals surface area contributed by atoms with Crippen molar-refractivity contribution in [3.05, 3.63) is 69.8 Å². The first-order valence-corrected chi connectivity index (χ1v) is 10.3. The Morgan fingerprint density at radius 1 is 1.00 bits per heavy atom. The fourth-order valence-electron chi connectivity index (χ4n) is 4.00. The summed E-state index contributed by atoms with van der Waals surface area (Å²) in [6.45, 7) is 1.25. The Morgan fingerprint density at radius 3 is 2.34 bits per heavy atom. The molecule has 2 heterocycles. The lowest BCUT2D eigenvalue weighted by Crippen LogP contribution is -2.40. The number of carbonyl (C=O) groups is 2. The van der Waals surface area contributed by atoms with Gasteiger partial charge in [-0.25, -0.2) is 4.90 Å². The Hall–Kier alpha value is -2.34. The highest BCUT2D eigenvalue weighted by molar-refractivity contribution is 6.46. The lowest BCUT2D eigenvalue weighted by molar-refractivity contribution is -0.120. The van der Waals surface area contributed by atoms with Crippen LogP contribution < -0.4 is 4.90 Å². The van der Waals surface area contributed by atoms with Crippen LogP contribution in [0.15, 0.2) is 54.2 Å². The molecule has 1 fully saturated rings. The number of carbonyl (C=O) groups excluding carboxylic acids is 2. The second-order valence-corrected chi connectivity index (χ2v) is 8.17. The van der Waals surface area contributed by atoms with E-state index in [2.05, 4.69) is 0 Å². The van der Waals surface area contributed by atoms with Gasteiger partial charge in [-0.1, -0.05) is 53.5 Å². The number of piperidine rings is 1. The first kappa shape index (κ1) is 20.0. The van der Waals surface area contributed by atoms with Gasteiger partial charge in [0.1, 0.15) is 5.70 Å². The summed E-state index contributed by atoms with van der Waals surface area (Å²) in [5.41, 5.74) is 1.76. The topological polar surface area (TPSA) is 60.9 Å². The number of rotatable bonds is 4. The molecule has 150 valence electrons. The average Bonchev–Trinajstić information content (AvgIpc) is 2.98. The van der Waals surface area contributed by atoms with Crippen LogP contribution in [-0.2, 0) is 9.59 Å². The van der Waals surface area contributed by atoms with E-state index >= 15 is 0 Å². The molecule has 0 aromatic heterocycles. The Bertz CT molecular complexity index is 971. The van der Waals surface area contributed by atoms with Gasteiger partial charge < -0.3 is 10.0 Å². The zero-order valence-electron chi connectivity index (χ0n) is 15.6. The monoisotopic (exact) mass is 430 g/mol. The Balaban J connectivity index is 1.82. The van der Waals surface area contributed by atoms with E-state index < -0.39 is 11.8 Å². The van der Waals surface area contributed by atoms with E-state index in [4.69, 9.17) is 23.2 Å². The summed E-state index contributed by atoms with van der Waals surface area (Å²) in [6.07, 6.45) is 1.75. The molecular weight excluding hydrogens is 411 g/mol. The SMILES string of the molecule is O=C1C(c2ccccc2)=C(N2CCCC(CO)C2)C(=O)N1c1cc(Cl)cc(Cl)c1. The fraction of sp³-hybridized carbons (Fsp3) is 0.273. The van der Waals surface area contributed by atoms with Crippen molar-refractivity contribution in [2.24, 2.45) is 5.92 Å². The largest absolute Gasteiger partial charge is 0.396 e. The van der Waals surface area contributed by atoms with E-state index in [1.807, 2.05) is 35.2 Å². The minimum absolute atomic E-state index is 0.0558. The third-order valence-corrected chi connectivity index (χ3v) is 5.76. The lowest BCUT2D eigenvalue weighted by Gasteiger charge is -2.34. The van der Waals surface area contributed by atoms with Crippen molar-refractivity contribution in [3.8, 4) is 0 Å². The highest BCUT2D eigenvalue weighted by Gasteiger charge is 2.43. The van der Waals surface area contributed by atoms with Gasteiger partial charge in [-0.05, 0) is 42.5 Å². The van der Waals surface area contributed by atoms with E-state index in [1.165, 1.54) is 0 Å². The Labute approximate surface area is 179 Å². The molecule has 0 radical (unpaired) electrons. The standard InChI is InChI=1S/C22H20Cl2N2O3/c23-16-9-17(24)11-18(10-16)26-21(28)19(15-6-2-1-3-7-15)20(22(26)29)25-8-4-5-14(12-25)13-27/h1-3,6-7,9-11,14,27H,4-5,8,12-13H2. The van der Waals surface area contributed by atoms with Crippen LogP contribution in [0.5, 0.6) is 0 Å².